The minimum atomic E-state index is -0.452. The second kappa shape index (κ2) is 16.7. The Hall–Kier alpha value is -8.20. The summed E-state index contributed by atoms with van der Waals surface area (Å²) >= 11 is 0. The summed E-state index contributed by atoms with van der Waals surface area (Å²) in [5.41, 5.74) is 23.1. The van der Waals surface area contributed by atoms with Gasteiger partial charge in [0.2, 0.25) is 0 Å². The maximum Gasteiger partial charge on any atom is 0.0719 e. The van der Waals surface area contributed by atoms with Gasteiger partial charge in [-0.1, -0.05) is 203 Å². The summed E-state index contributed by atoms with van der Waals surface area (Å²) in [6.07, 6.45) is 4.91. The lowest BCUT2D eigenvalue weighted by Gasteiger charge is -2.63. The number of para-hydroxylation sites is 2. The van der Waals surface area contributed by atoms with Crippen LogP contribution in [0.1, 0.15) is 79.8 Å². The maximum absolute atomic E-state index is 2.70. The Bertz CT molecular complexity index is 3910. The second-order valence-corrected chi connectivity index (χ2v) is 23.2. The first kappa shape index (κ1) is 44.3. The Morgan fingerprint density at radius 3 is 1.51 bits per heavy atom. The molecule has 2 saturated carbocycles. The Kier molecular flexibility index (Phi) is 9.84. The number of anilines is 3. The first-order valence-electron chi connectivity index (χ1n) is 27.4. The summed E-state index contributed by atoms with van der Waals surface area (Å²) in [5.74, 6) is 1.69. The molecule has 4 aliphatic rings. The van der Waals surface area contributed by atoms with E-state index in [2.05, 4.69) is 273 Å². The molecule has 15 rings (SSSR count). The van der Waals surface area contributed by atoms with Crippen molar-refractivity contribution in [1.29, 1.82) is 0 Å². The quantitative estimate of drug-likeness (QED) is 0.161. The minimum absolute atomic E-state index is 0.144. The molecule has 1 unspecified atom stereocenters. The first-order valence-corrected chi connectivity index (χ1v) is 27.4. The highest BCUT2D eigenvalue weighted by Gasteiger charge is 2.63. The molecule has 0 saturated heterocycles. The summed E-state index contributed by atoms with van der Waals surface area (Å²) in [5, 5.41) is 2.55. The smallest absolute Gasteiger partial charge is 0.0719 e. The molecule has 0 aliphatic heterocycles. The van der Waals surface area contributed by atoms with Crippen LogP contribution in [-0.2, 0) is 10.8 Å². The van der Waals surface area contributed by atoms with Crippen molar-refractivity contribution >= 4 is 38.9 Å². The van der Waals surface area contributed by atoms with Crippen molar-refractivity contribution in [2.75, 3.05) is 4.90 Å². The molecule has 10 aromatic carbocycles. The number of aromatic nitrogens is 1. The molecule has 2 bridgehead atoms. The van der Waals surface area contributed by atoms with Crippen LogP contribution >= 0.6 is 0 Å². The van der Waals surface area contributed by atoms with E-state index in [1.165, 1.54) is 114 Å². The van der Waals surface area contributed by atoms with Crippen molar-refractivity contribution in [3.63, 3.8) is 0 Å². The Balaban J connectivity index is 0.927. The van der Waals surface area contributed by atoms with Crippen LogP contribution in [-0.4, -0.2) is 4.57 Å². The predicted octanol–water partition coefficient (Wildman–Crippen LogP) is 19.0. The van der Waals surface area contributed by atoms with Crippen LogP contribution in [0.4, 0.5) is 17.1 Å². The zero-order chi connectivity index (χ0) is 50.0. The van der Waals surface area contributed by atoms with E-state index in [1.54, 1.807) is 5.56 Å². The van der Waals surface area contributed by atoms with Crippen LogP contribution < -0.4 is 4.90 Å². The maximum atomic E-state index is 2.70. The van der Waals surface area contributed by atoms with E-state index < -0.39 is 5.41 Å². The molecule has 2 heteroatoms. The van der Waals surface area contributed by atoms with Gasteiger partial charge in [0.1, 0.15) is 0 Å². The number of rotatable bonds is 6. The van der Waals surface area contributed by atoms with Crippen LogP contribution in [0.2, 0.25) is 0 Å². The van der Waals surface area contributed by atoms with Crippen LogP contribution in [0.5, 0.6) is 0 Å². The van der Waals surface area contributed by atoms with Crippen LogP contribution in [0.25, 0.3) is 60.9 Å². The van der Waals surface area contributed by atoms with Gasteiger partial charge in [-0.3, -0.25) is 0 Å². The van der Waals surface area contributed by atoms with Crippen molar-refractivity contribution in [3.8, 4) is 39.1 Å². The SMILES string of the molecule is C[C@H]1C[C@@H]2CC(C)(C)C[C@H](C1)C21c2ccccc2C2(c3ccccc3-c3ccccc32)c2ccc(N(c3ccc(-c4ccc(-n5c6ccccc6c6ccccc65)cc4)cc3)c3cccc(-c4ccccc4)c3)cc21. The molecule has 1 aromatic heterocycles. The first-order chi connectivity index (χ1) is 36.8. The largest absolute Gasteiger partial charge is 0.310 e. The number of benzene rings is 10. The van der Waals surface area contributed by atoms with E-state index in [0.717, 1.165) is 17.1 Å². The summed E-state index contributed by atoms with van der Waals surface area (Å²) < 4.78 is 2.40. The molecule has 0 radical (unpaired) electrons. The standard InChI is InChI=1S/C73H60N2/c1-48-42-53-46-71(2,3)47-54(43-48)72(53)65-28-13-14-29-66(65)73(63-26-11-7-22-59(63)60-23-8-12-27-64(60)73)67-41-40-58(45-68(67)72)74(57-21-17-20-52(44-57)49-18-5-4-6-19-49)55-36-32-50(33-37-55)51-34-38-56(39-35-51)75-69-30-15-9-24-61(69)62-25-10-16-31-70(62)75/h4-41,44-45,48,53-54H,42-43,46-47H2,1-3H3/t48-,53+,54-,72?. The molecule has 362 valence electrons. The lowest BCUT2D eigenvalue weighted by molar-refractivity contribution is -0.0137. The van der Waals surface area contributed by atoms with Crippen molar-refractivity contribution in [3.05, 3.63) is 276 Å². The van der Waals surface area contributed by atoms with Gasteiger partial charge in [0.25, 0.3) is 0 Å². The summed E-state index contributed by atoms with van der Waals surface area (Å²) in [4.78, 5) is 2.55. The summed E-state index contributed by atoms with van der Waals surface area (Å²) in [6.45, 7) is 7.64. The highest BCUT2D eigenvalue weighted by molar-refractivity contribution is 6.09. The van der Waals surface area contributed by atoms with E-state index in [9.17, 15) is 0 Å². The highest BCUT2D eigenvalue weighted by atomic mass is 15.1. The highest BCUT2D eigenvalue weighted by Crippen LogP contribution is 2.70. The van der Waals surface area contributed by atoms with Gasteiger partial charge >= 0.3 is 0 Å². The molecule has 0 amide bonds. The van der Waals surface area contributed by atoms with E-state index in [0.29, 0.717) is 17.8 Å². The number of nitrogens with zero attached hydrogens (tertiary/aromatic N) is 2. The number of hydrogen-bond acceptors (Lipinski definition) is 1. The topological polar surface area (TPSA) is 8.17 Å². The zero-order valence-corrected chi connectivity index (χ0v) is 43.0. The Labute approximate surface area is 441 Å². The third-order valence-corrected chi connectivity index (χ3v) is 18.5. The average molecular weight is 965 g/mol. The van der Waals surface area contributed by atoms with Crippen LogP contribution in [0, 0.1) is 23.2 Å². The minimum Gasteiger partial charge on any atom is -0.310 e. The third-order valence-electron chi connectivity index (χ3n) is 18.5. The van der Waals surface area contributed by atoms with Crippen molar-refractivity contribution in [2.45, 2.75) is 57.3 Å². The van der Waals surface area contributed by atoms with Gasteiger partial charge < -0.3 is 9.47 Å². The summed E-state index contributed by atoms with van der Waals surface area (Å²) in [6, 6.07) is 92.2. The molecule has 75 heavy (non-hydrogen) atoms. The lowest BCUT2D eigenvalue weighted by atomic mass is 9.40. The van der Waals surface area contributed by atoms with Gasteiger partial charge in [-0.25, -0.2) is 0 Å². The van der Waals surface area contributed by atoms with E-state index in [-0.39, 0.29) is 10.8 Å². The van der Waals surface area contributed by atoms with Crippen molar-refractivity contribution in [1.82, 2.24) is 4.57 Å². The van der Waals surface area contributed by atoms with E-state index >= 15 is 0 Å². The van der Waals surface area contributed by atoms with Crippen LogP contribution in [0.3, 0.4) is 0 Å². The van der Waals surface area contributed by atoms with Crippen molar-refractivity contribution in [2.24, 2.45) is 23.2 Å². The van der Waals surface area contributed by atoms with Gasteiger partial charge in [-0.2, -0.15) is 0 Å². The van der Waals surface area contributed by atoms with Crippen molar-refractivity contribution < 1.29 is 0 Å². The van der Waals surface area contributed by atoms with Gasteiger partial charge in [-0.05, 0) is 176 Å². The average Bonchev–Trinajstić information content (AvgIpc) is 3.96. The van der Waals surface area contributed by atoms with E-state index in [1.807, 2.05) is 0 Å². The lowest BCUT2D eigenvalue weighted by Crippen LogP contribution is -2.58. The zero-order valence-electron chi connectivity index (χ0n) is 43.0. The van der Waals surface area contributed by atoms with Gasteiger partial charge in [-0.15, -0.1) is 0 Å². The molecule has 1 heterocycles. The Morgan fingerprint density at radius 2 is 0.867 bits per heavy atom. The molecular weight excluding hydrogens is 905 g/mol. The fourth-order valence-electron chi connectivity index (χ4n) is 15.9. The molecule has 4 aliphatic carbocycles. The molecule has 2 spiro atoms. The molecule has 11 aromatic rings. The molecule has 4 atom stereocenters. The molecule has 2 nitrogen and oxygen atoms in total. The molecule has 2 fully saturated rings. The fourth-order valence-corrected chi connectivity index (χ4v) is 15.9. The fraction of sp³-hybridized carbons (Fsp3) is 0.178. The second-order valence-electron chi connectivity index (χ2n) is 23.2. The normalized spacial score (nSPS) is 20.4. The monoisotopic (exact) mass is 964 g/mol. The molecule has 0 N–H and O–H groups in total. The van der Waals surface area contributed by atoms with E-state index in [4.69, 9.17) is 0 Å². The van der Waals surface area contributed by atoms with Gasteiger partial charge in [0.05, 0.1) is 16.4 Å². The third kappa shape index (κ3) is 6.45. The Morgan fingerprint density at radius 1 is 0.387 bits per heavy atom. The molecular formula is C73H60N2. The van der Waals surface area contributed by atoms with Crippen LogP contribution in [0.15, 0.2) is 243 Å². The number of hydrogen-bond donors (Lipinski definition) is 0. The van der Waals surface area contributed by atoms with Gasteiger partial charge in [0.15, 0.2) is 0 Å². The predicted molar refractivity (Wildman–Crippen MR) is 313 cm³/mol. The summed E-state index contributed by atoms with van der Waals surface area (Å²) in [7, 11) is 0. The number of fused-ring (bicyclic) bond motifs is 12. The van der Waals surface area contributed by atoms with Gasteiger partial charge in [0, 0.05) is 38.9 Å².